The summed E-state index contributed by atoms with van der Waals surface area (Å²) in [6, 6.07) is 7.51. The number of fused-ring (bicyclic) bond motifs is 1. The van der Waals surface area contributed by atoms with E-state index < -0.39 is 0 Å². The van der Waals surface area contributed by atoms with Crippen molar-refractivity contribution in [3.8, 4) is 0 Å². The highest BCUT2D eigenvalue weighted by molar-refractivity contribution is 6.06. The molecule has 20 heavy (non-hydrogen) atoms. The van der Waals surface area contributed by atoms with Crippen LogP contribution in [0, 0.1) is 0 Å². The molecule has 0 aliphatic heterocycles. The Morgan fingerprint density at radius 2 is 2.20 bits per heavy atom. The van der Waals surface area contributed by atoms with Crippen LogP contribution in [0.5, 0.6) is 0 Å². The molecule has 2 aromatic heterocycles. The standard InChI is InChI=1S/C15H14N4O/c20-15(17-7-4-11-8-18-19-9-11)14-3-1-2-12-10-16-6-5-13(12)14/h1-3,5-6,8-10H,4,7H2,(H,17,20)(H,18,19). The van der Waals surface area contributed by atoms with Crippen molar-refractivity contribution in [2.45, 2.75) is 6.42 Å². The van der Waals surface area contributed by atoms with Crippen molar-refractivity contribution >= 4 is 16.7 Å². The number of carbonyl (C=O) groups excluding carboxylic acids is 1. The van der Waals surface area contributed by atoms with Crippen molar-refractivity contribution in [3.63, 3.8) is 0 Å². The summed E-state index contributed by atoms with van der Waals surface area (Å²) in [6.07, 6.45) is 7.81. The molecule has 5 nitrogen and oxygen atoms in total. The predicted molar refractivity (Wildman–Crippen MR) is 76.4 cm³/mol. The number of hydrogen-bond donors (Lipinski definition) is 2. The number of pyridine rings is 1. The van der Waals surface area contributed by atoms with Crippen molar-refractivity contribution in [2.75, 3.05) is 6.54 Å². The number of nitrogens with one attached hydrogen (secondary N) is 2. The molecule has 1 amide bonds. The van der Waals surface area contributed by atoms with Gasteiger partial charge in [-0.05, 0) is 29.5 Å². The maximum absolute atomic E-state index is 12.2. The Bertz CT molecular complexity index is 716. The average Bonchev–Trinajstić information content (AvgIpc) is 3.00. The van der Waals surface area contributed by atoms with Gasteiger partial charge in [0.2, 0.25) is 0 Å². The molecule has 0 aliphatic rings. The van der Waals surface area contributed by atoms with E-state index in [2.05, 4.69) is 20.5 Å². The number of nitrogens with zero attached hydrogens (tertiary/aromatic N) is 2. The first-order valence-corrected chi connectivity index (χ1v) is 6.43. The minimum atomic E-state index is -0.0645. The van der Waals surface area contributed by atoms with Crippen LogP contribution in [-0.4, -0.2) is 27.6 Å². The SMILES string of the molecule is O=C(NCCc1cn[nH]c1)c1cccc2cnccc12. The zero-order valence-corrected chi connectivity index (χ0v) is 10.8. The van der Waals surface area contributed by atoms with Gasteiger partial charge in [-0.3, -0.25) is 14.9 Å². The number of benzene rings is 1. The van der Waals surface area contributed by atoms with E-state index in [9.17, 15) is 4.79 Å². The topological polar surface area (TPSA) is 70.7 Å². The molecule has 0 radical (unpaired) electrons. The Morgan fingerprint density at radius 1 is 1.25 bits per heavy atom. The first-order valence-electron chi connectivity index (χ1n) is 6.43. The van der Waals surface area contributed by atoms with Gasteiger partial charge in [0.1, 0.15) is 0 Å². The van der Waals surface area contributed by atoms with Gasteiger partial charge >= 0.3 is 0 Å². The molecule has 0 fully saturated rings. The van der Waals surface area contributed by atoms with E-state index in [1.165, 1.54) is 0 Å². The number of hydrogen-bond acceptors (Lipinski definition) is 3. The molecule has 100 valence electrons. The molecule has 0 saturated heterocycles. The Hall–Kier alpha value is -2.69. The largest absolute Gasteiger partial charge is 0.352 e. The summed E-state index contributed by atoms with van der Waals surface area (Å²) in [7, 11) is 0. The molecule has 3 aromatic rings. The Labute approximate surface area is 116 Å². The number of amides is 1. The fourth-order valence-corrected chi connectivity index (χ4v) is 2.15. The Balaban J connectivity index is 1.72. The average molecular weight is 266 g/mol. The lowest BCUT2D eigenvalue weighted by molar-refractivity contribution is 0.0956. The van der Waals surface area contributed by atoms with E-state index in [0.717, 1.165) is 22.8 Å². The Kier molecular flexibility index (Phi) is 3.41. The highest BCUT2D eigenvalue weighted by Gasteiger charge is 2.09. The van der Waals surface area contributed by atoms with E-state index in [-0.39, 0.29) is 5.91 Å². The van der Waals surface area contributed by atoms with Gasteiger partial charge in [0, 0.05) is 36.1 Å². The molecule has 5 heteroatoms. The van der Waals surface area contributed by atoms with E-state index >= 15 is 0 Å². The number of aromatic amines is 1. The van der Waals surface area contributed by atoms with Gasteiger partial charge in [-0.1, -0.05) is 12.1 Å². The van der Waals surface area contributed by atoms with Gasteiger partial charge < -0.3 is 5.32 Å². The normalized spacial score (nSPS) is 10.6. The summed E-state index contributed by atoms with van der Waals surface area (Å²) < 4.78 is 0. The van der Waals surface area contributed by atoms with Gasteiger partial charge in [-0.25, -0.2) is 0 Å². The van der Waals surface area contributed by atoms with Crippen LogP contribution < -0.4 is 5.32 Å². The van der Waals surface area contributed by atoms with Crippen LogP contribution in [0.15, 0.2) is 49.1 Å². The van der Waals surface area contributed by atoms with Crippen LogP contribution in [0.2, 0.25) is 0 Å². The monoisotopic (exact) mass is 266 g/mol. The summed E-state index contributed by atoms with van der Waals surface area (Å²) in [5.41, 5.74) is 1.75. The van der Waals surface area contributed by atoms with E-state index in [1.807, 2.05) is 30.5 Å². The van der Waals surface area contributed by atoms with E-state index in [0.29, 0.717) is 12.1 Å². The Morgan fingerprint density at radius 3 is 3.05 bits per heavy atom. The summed E-state index contributed by atoms with van der Waals surface area (Å²) >= 11 is 0. The third kappa shape index (κ3) is 2.51. The van der Waals surface area contributed by atoms with Crippen LogP contribution in [-0.2, 0) is 6.42 Å². The second kappa shape index (κ2) is 5.52. The lowest BCUT2D eigenvalue weighted by atomic mass is 10.1. The summed E-state index contributed by atoms with van der Waals surface area (Å²) in [4.78, 5) is 16.3. The van der Waals surface area contributed by atoms with Crippen LogP contribution in [0.1, 0.15) is 15.9 Å². The molecule has 0 saturated carbocycles. The zero-order valence-electron chi connectivity index (χ0n) is 10.8. The number of carbonyl (C=O) groups is 1. The molecule has 0 bridgehead atoms. The number of H-pyrrole nitrogens is 1. The molecular weight excluding hydrogens is 252 g/mol. The minimum absolute atomic E-state index is 0.0645. The van der Waals surface area contributed by atoms with Crippen molar-refractivity contribution in [3.05, 3.63) is 60.2 Å². The molecule has 1 aromatic carbocycles. The zero-order chi connectivity index (χ0) is 13.8. The summed E-state index contributed by atoms with van der Waals surface area (Å²) in [5.74, 6) is -0.0645. The molecule has 3 rings (SSSR count). The lowest BCUT2D eigenvalue weighted by Crippen LogP contribution is -2.25. The third-order valence-electron chi connectivity index (χ3n) is 3.18. The van der Waals surface area contributed by atoms with Crippen LogP contribution >= 0.6 is 0 Å². The number of rotatable bonds is 4. The maximum atomic E-state index is 12.2. The summed E-state index contributed by atoms with van der Waals surface area (Å²) in [5, 5.41) is 11.4. The highest BCUT2D eigenvalue weighted by atomic mass is 16.1. The second-order valence-electron chi connectivity index (χ2n) is 4.51. The van der Waals surface area contributed by atoms with Crippen molar-refractivity contribution in [2.24, 2.45) is 0 Å². The van der Waals surface area contributed by atoms with Crippen LogP contribution in [0.4, 0.5) is 0 Å². The van der Waals surface area contributed by atoms with Gasteiger partial charge in [-0.2, -0.15) is 5.10 Å². The van der Waals surface area contributed by atoms with Gasteiger partial charge in [0.15, 0.2) is 0 Å². The predicted octanol–water partition coefficient (Wildman–Crippen LogP) is 1.93. The minimum Gasteiger partial charge on any atom is -0.352 e. The van der Waals surface area contributed by atoms with Crippen LogP contribution in [0.25, 0.3) is 10.8 Å². The van der Waals surface area contributed by atoms with E-state index in [1.54, 1.807) is 18.6 Å². The van der Waals surface area contributed by atoms with Gasteiger partial charge in [0.05, 0.1) is 6.20 Å². The van der Waals surface area contributed by atoms with Crippen LogP contribution in [0.3, 0.4) is 0 Å². The molecule has 0 spiro atoms. The number of aromatic nitrogens is 3. The second-order valence-corrected chi connectivity index (χ2v) is 4.51. The third-order valence-corrected chi connectivity index (χ3v) is 3.18. The molecule has 0 atom stereocenters. The smallest absolute Gasteiger partial charge is 0.251 e. The molecular formula is C15H14N4O. The highest BCUT2D eigenvalue weighted by Crippen LogP contribution is 2.17. The quantitative estimate of drug-likeness (QED) is 0.758. The molecule has 0 unspecified atom stereocenters. The molecule has 2 N–H and O–H groups in total. The molecule has 2 heterocycles. The summed E-state index contributed by atoms with van der Waals surface area (Å²) in [6.45, 7) is 0.583. The maximum Gasteiger partial charge on any atom is 0.251 e. The van der Waals surface area contributed by atoms with E-state index in [4.69, 9.17) is 0 Å². The first kappa shape index (κ1) is 12.3. The fraction of sp³-hybridized carbons (Fsp3) is 0.133. The first-order chi connectivity index (χ1) is 9.84. The van der Waals surface area contributed by atoms with Crippen molar-refractivity contribution in [1.82, 2.24) is 20.5 Å². The van der Waals surface area contributed by atoms with Crippen molar-refractivity contribution < 1.29 is 4.79 Å². The van der Waals surface area contributed by atoms with Crippen molar-refractivity contribution in [1.29, 1.82) is 0 Å². The fourth-order valence-electron chi connectivity index (χ4n) is 2.15. The lowest BCUT2D eigenvalue weighted by Gasteiger charge is -2.07. The van der Waals surface area contributed by atoms with Gasteiger partial charge in [0.25, 0.3) is 5.91 Å². The molecule has 0 aliphatic carbocycles. The van der Waals surface area contributed by atoms with Gasteiger partial charge in [-0.15, -0.1) is 0 Å².